The van der Waals surface area contributed by atoms with E-state index in [0.717, 1.165) is 0 Å². The molecule has 5 nitrogen and oxygen atoms in total. The molecule has 5 heteroatoms. The summed E-state index contributed by atoms with van der Waals surface area (Å²) >= 11 is 0. The molecule has 1 aromatic rings. The number of carboxylic acid groups (broad SMARTS) is 1. The van der Waals surface area contributed by atoms with Gasteiger partial charge in [-0.2, -0.15) is 0 Å². The van der Waals surface area contributed by atoms with Crippen LogP contribution in [0.25, 0.3) is 6.08 Å². The van der Waals surface area contributed by atoms with E-state index in [1.165, 1.54) is 19.2 Å². The van der Waals surface area contributed by atoms with Gasteiger partial charge in [0, 0.05) is 0 Å². The van der Waals surface area contributed by atoms with E-state index in [-0.39, 0.29) is 18.0 Å². The highest BCUT2D eigenvalue weighted by Crippen LogP contribution is 2.18. The van der Waals surface area contributed by atoms with Crippen LogP contribution < -0.4 is 4.74 Å². The zero-order valence-electron chi connectivity index (χ0n) is 10.9. The topological polar surface area (TPSA) is 72.8 Å². The largest absolute Gasteiger partial charge is 0.497 e. The number of aromatic carboxylic acids is 1. The van der Waals surface area contributed by atoms with Crippen molar-refractivity contribution in [1.29, 1.82) is 0 Å². The molecule has 0 atom stereocenters. The number of carbonyl (C=O) groups excluding carboxylic acids is 1. The van der Waals surface area contributed by atoms with Crippen LogP contribution >= 0.6 is 0 Å². The molecule has 102 valence electrons. The Morgan fingerprint density at radius 1 is 1.32 bits per heavy atom. The zero-order valence-corrected chi connectivity index (χ0v) is 10.9. The number of rotatable bonds is 6. The van der Waals surface area contributed by atoms with Crippen molar-refractivity contribution in [3.63, 3.8) is 0 Å². The van der Waals surface area contributed by atoms with Gasteiger partial charge in [-0.1, -0.05) is 12.2 Å². The molecule has 0 heterocycles. The third kappa shape index (κ3) is 4.83. The van der Waals surface area contributed by atoms with Gasteiger partial charge in [-0.15, -0.1) is 0 Å². The Hall–Kier alpha value is -2.30. The van der Waals surface area contributed by atoms with Gasteiger partial charge in [0.05, 0.1) is 25.7 Å². The van der Waals surface area contributed by atoms with E-state index in [0.29, 0.717) is 17.9 Å². The Kier molecular flexibility index (Phi) is 5.60. The summed E-state index contributed by atoms with van der Waals surface area (Å²) in [6.45, 7) is 2.08. The zero-order chi connectivity index (χ0) is 14.3. The highest BCUT2D eigenvalue weighted by Gasteiger charge is 2.06. The highest BCUT2D eigenvalue weighted by atomic mass is 16.5. The molecule has 1 aromatic carbocycles. The maximum atomic E-state index is 11.1. The third-order valence-corrected chi connectivity index (χ3v) is 2.31. The first-order valence-corrected chi connectivity index (χ1v) is 5.81. The molecule has 1 rings (SSSR count). The fourth-order valence-corrected chi connectivity index (χ4v) is 1.47. The maximum Gasteiger partial charge on any atom is 0.335 e. The standard InChI is InChI=1S/C14H16O5/c1-3-19-13(15)6-4-5-10-7-11(14(16)17)9-12(8-10)18-2/h4-5,7-9H,3,6H2,1-2H3,(H,16,17). The molecule has 0 aliphatic carbocycles. The summed E-state index contributed by atoms with van der Waals surface area (Å²) in [7, 11) is 1.47. The van der Waals surface area contributed by atoms with E-state index in [2.05, 4.69) is 0 Å². The van der Waals surface area contributed by atoms with Crippen LogP contribution in [-0.2, 0) is 9.53 Å². The Bertz CT molecular complexity index is 491. The molecule has 19 heavy (non-hydrogen) atoms. The molecule has 0 aromatic heterocycles. The Morgan fingerprint density at radius 3 is 2.63 bits per heavy atom. The number of benzene rings is 1. The maximum absolute atomic E-state index is 11.1. The summed E-state index contributed by atoms with van der Waals surface area (Å²) in [5, 5.41) is 8.96. The molecule has 0 radical (unpaired) electrons. The smallest absolute Gasteiger partial charge is 0.335 e. The number of methoxy groups -OCH3 is 1. The second-order valence-corrected chi connectivity index (χ2v) is 3.71. The van der Waals surface area contributed by atoms with Gasteiger partial charge in [-0.3, -0.25) is 4.79 Å². The molecule has 0 saturated heterocycles. The highest BCUT2D eigenvalue weighted by molar-refractivity contribution is 5.89. The molecule has 0 aliphatic rings. The lowest BCUT2D eigenvalue weighted by molar-refractivity contribution is -0.142. The number of ether oxygens (including phenoxy) is 2. The summed E-state index contributed by atoms with van der Waals surface area (Å²) in [4.78, 5) is 22.1. The van der Waals surface area contributed by atoms with Crippen LogP contribution in [0.3, 0.4) is 0 Å². The van der Waals surface area contributed by atoms with Crippen molar-refractivity contribution in [2.45, 2.75) is 13.3 Å². The van der Waals surface area contributed by atoms with Crippen molar-refractivity contribution in [3.8, 4) is 5.75 Å². The van der Waals surface area contributed by atoms with Crippen LogP contribution in [0.15, 0.2) is 24.3 Å². The minimum Gasteiger partial charge on any atom is -0.497 e. The molecule has 1 N–H and O–H groups in total. The van der Waals surface area contributed by atoms with E-state index in [4.69, 9.17) is 14.6 Å². The lowest BCUT2D eigenvalue weighted by Crippen LogP contribution is -2.01. The second kappa shape index (κ2) is 7.20. The van der Waals surface area contributed by atoms with E-state index < -0.39 is 5.97 Å². The normalized spacial score (nSPS) is 10.4. The summed E-state index contributed by atoms with van der Waals surface area (Å²) in [6, 6.07) is 4.63. The SMILES string of the molecule is CCOC(=O)CC=Cc1cc(OC)cc(C(=O)O)c1. The summed E-state index contributed by atoms with van der Waals surface area (Å²) in [6.07, 6.45) is 3.43. The Morgan fingerprint density at radius 2 is 2.05 bits per heavy atom. The quantitative estimate of drug-likeness (QED) is 0.798. The number of esters is 1. The van der Waals surface area contributed by atoms with Crippen molar-refractivity contribution < 1.29 is 24.2 Å². The van der Waals surface area contributed by atoms with Gasteiger partial charge in [0.25, 0.3) is 0 Å². The van der Waals surface area contributed by atoms with E-state index >= 15 is 0 Å². The second-order valence-electron chi connectivity index (χ2n) is 3.71. The van der Waals surface area contributed by atoms with Crippen LogP contribution in [0.2, 0.25) is 0 Å². The monoisotopic (exact) mass is 264 g/mol. The van der Waals surface area contributed by atoms with Gasteiger partial charge in [0.2, 0.25) is 0 Å². The van der Waals surface area contributed by atoms with Crippen molar-refractivity contribution >= 4 is 18.0 Å². The summed E-state index contributed by atoms with van der Waals surface area (Å²) in [5.74, 6) is -0.894. The van der Waals surface area contributed by atoms with Crippen molar-refractivity contribution in [3.05, 3.63) is 35.4 Å². The molecular weight excluding hydrogens is 248 g/mol. The van der Waals surface area contributed by atoms with Gasteiger partial charge < -0.3 is 14.6 Å². The van der Waals surface area contributed by atoms with E-state index in [1.54, 1.807) is 25.1 Å². The number of hydrogen-bond donors (Lipinski definition) is 1. The summed E-state index contributed by atoms with van der Waals surface area (Å²) in [5.41, 5.74) is 0.788. The van der Waals surface area contributed by atoms with Crippen LogP contribution in [0.4, 0.5) is 0 Å². The fraction of sp³-hybridized carbons (Fsp3) is 0.286. The summed E-state index contributed by atoms with van der Waals surface area (Å²) < 4.78 is 9.80. The van der Waals surface area contributed by atoms with Crippen LogP contribution in [-0.4, -0.2) is 30.8 Å². The van der Waals surface area contributed by atoms with Gasteiger partial charge in [-0.25, -0.2) is 4.79 Å². The lowest BCUT2D eigenvalue weighted by atomic mass is 10.1. The average Bonchev–Trinajstić information content (AvgIpc) is 2.38. The van der Waals surface area contributed by atoms with Crippen LogP contribution in [0.1, 0.15) is 29.3 Å². The third-order valence-electron chi connectivity index (χ3n) is 2.31. The first-order valence-electron chi connectivity index (χ1n) is 5.81. The van der Waals surface area contributed by atoms with Crippen LogP contribution in [0, 0.1) is 0 Å². The number of carbonyl (C=O) groups is 2. The average molecular weight is 264 g/mol. The lowest BCUT2D eigenvalue weighted by Gasteiger charge is -2.04. The molecule has 0 saturated carbocycles. The van der Waals surface area contributed by atoms with Crippen molar-refractivity contribution in [1.82, 2.24) is 0 Å². The Balaban J connectivity index is 2.82. The minimum absolute atomic E-state index is 0.134. The molecule has 0 fully saturated rings. The molecule has 0 amide bonds. The molecule has 0 bridgehead atoms. The van der Waals surface area contributed by atoms with Crippen molar-refractivity contribution in [2.75, 3.05) is 13.7 Å². The van der Waals surface area contributed by atoms with Gasteiger partial charge in [0.15, 0.2) is 0 Å². The van der Waals surface area contributed by atoms with Gasteiger partial charge in [-0.05, 0) is 30.7 Å². The molecule has 0 unspecified atom stereocenters. The fourth-order valence-electron chi connectivity index (χ4n) is 1.47. The van der Waals surface area contributed by atoms with E-state index in [1.807, 2.05) is 0 Å². The van der Waals surface area contributed by atoms with Gasteiger partial charge in [0.1, 0.15) is 5.75 Å². The predicted octanol–water partition coefficient (Wildman–Crippen LogP) is 2.36. The Labute approximate surface area is 111 Å². The van der Waals surface area contributed by atoms with Crippen LogP contribution in [0.5, 0.6) is 5.75 Å². The molecule has 0 spiro atoms. The van der Waals surface area contributed by atoms with Gasteiger partial charge >= 0.3 is 11.9 Å². The first kappa shape index (κ1) is 14.8. The molecular formula is C14H16O5. The number of carboxylic acids is 1. The first-order chi connectivity index (χ1) is 9.06. The molecule has 0 aliphatic heterocycles. The predicted molar refractivity (Wildman–Crippen MR) is 70.2 cm³/mol. The number of hydrogen-bond acceptors (Lipinski definition) is 4. The van der Waals surface area contributed by atoms with Crippen molar-refractivity contribution in [2.24, 2.45) is 0 Å². The van der Waals surface area contributed by atoms with E-state index in [9.17, 15) is 9.59 Å². The minimum atomic E-state index is -1.03.